The summed E-state index contributed by atoms with van der Waals surface area (Å²) in [6.07, 6.45) is 0. The smallest absolute Gasteiger partial charge is 0.172 e. The van der Waals surface area contributed by atoms with Gasteiger partial charge in [0.2, 0.25) is 0 Å². The van der Waals surface area contributed by atoms with Crippen molar-refractivity contribution in [1.82, 2.24) is 0 Å². The van der Waals surface area contributed by atoms with Gasteiger partial charge in [0.25, 0.3) is 0 Å². The Morgan fingerprint density at radius 2 is 1.71 bits per heavy atom. The Morgan fingerprint density at radius 3 is 2.14 bits per heavy atom. The fraction of sp³-hybridized carbons (Fsp3) is 0.308. The molecule has 74 valence electrons. The van der Waals surface area contributed by atoms with Crippen molar-refractivity contribution >= 4 is 5.78 Å². The van der Waals surface area contributed by atoms with Gasteiger partial charge in [-0.3, -0.25) is 4.79 Å². The minimum Gasteiger partial charge on any atom is -0.293 e. The van der Waals surface area contributed by atoms with Gasteiger partial charge in [-0.15, -0.1) is 0 Å². The number of rotatable bonds is 3. The first-order valence-electron chi connectivity index (χ1n) is 4.72. The van der Waals surface area contributed by atoms with Crippen LogP contribution in [-0.2, 0) is 0 Å². The van der Waals surface area contributed by atoms with Crippen molar-refractivity contribution in [3.8, 4) is 0 Å². The van der Waals surface area contributed by atoms with Crippen LogP contribution in [0, 0.1) is 5.41 Å². The summed E-state index contributed by atoms with van der Waals surface area (Å²) in [5, 5.41) is 0. The summed E-state index contributed by atoms with van der Waals surface area (Å²) in [7, 11) is 0. The molecule has 0 atom stereocenters. The van der Waals surface area contributed by atoms with E-state index in [1.807, 2.05) is 51.1 Å². The zero-order chi connectivity index (χ0) is 10.8. The first-order valence-corrected chi connectivity index (χ1v) is 4.72. The Kier molecular flexibility index (Phi) is 2.90. The SMILES string of the molecule is C=C(C)C(C)(C)C(=O)c1ccccc1. The molecule has 14 heavy (non-hydrogen) atoms. The maximum absolute atomic E-state index is 12.0. The van der Waals surface area contributed by atoms with Gasteiger partial charge in [-0.25, -0.2) is 0 Å². The molecule has 0 aliphatic rings. The van der Waals surface area contributed by atoms with E-state index in [0.29, 0.717) is 0 Å². The van der Waals surface area contributed by atoms with Gasteiger partial charge in [-0.2, -0.15) is 0 Å². The molecule has 0 aliphatic carbocycles. The van der Waals surface area contributed by atoms with Crippen LogP contribution in [0.4, 0.5) is 0 Å². The van der Waals surface area contributed by atoms with Gasteiger partial charge in [0.1, 0.15) is 0 Å². The second kappa shape index (κ2) is 3.79. The van der Waals surface area contributed by atoms with Crippen LogP contribution in [0.15, 0.2) is 42.5 Å². The van der Waals surface area contributed by atoms with Crippen LogP contribution in [0.1, 0.15) is 31.1 Å². The van der Waals surface area contributed by atoms with E-state index in [1.54, 1.807) is 0 Å². The molecule has 1 rings (SSSR count). The second-order valence-corrected chi connectivity index (χ2v) is 4.10. The molecule has 0 fully saturated rings. The fourth-order valence-electron chi connectivity index (χ4n) is 1.14. The van der Waals surface area contributed by atoms with Gasteiger partial charge >= 0.3 is 0 Å². The van der Waals surface area contributed by atoms with E-state index < -0.39 is 5.41 Å². The highest BCUT2D eigenvalue weighted by atomic mass is 16.1. The number of hydrogen-bond acceptors (Lipinski definition) is 1. The molecule has 0 bridgehead atoms. The van der Waals surface area contributed by atoms with Crippen LogP contribution in [0.25, 0.3) is 0 Å². The van der Waals surface area contributed by atoms with Crippen molar-refractivity contribution in [1.29, 1.82) is 0 Å². The molecule has 1 heteroatoms. The lowest BCUT2D eigenvalue weighted by Crippen LogP contribution is -2.25. The summed E-state index contributed by atoms with van der Waals surface area (Å²) in [5.74, 6) is 0.130. The lowest BCUT2D eigenvalue weighted by molar-refractivity contribution is 0.0876. The Bertz CT molecular complexity index is 347. The molecule has 0 aliphatic heterocycles. The first kappa shape index (κ1) is 10.7. The molecule has 0 aromatic heterocycles. The Balaban J connectivity index is 3.03. The molecule has 0 N–H and O–H groups in total. The number of ketones is 1. The van der Waals surface area contributed by atoms with Gasteiger partial charge in [0, 0.05) is 11.0 Å². The maximum Gasteiger partial charge on any atom is 0.172 e. The van der Waals surface area contributed by atoms with Crippen molar-refractivity contribution in [3.05, 3.63) is 48.0 Å². The van der Waals surface area contributed by atoms with E-state index >= 15 is 0 Å². The van der Waals surface area contributed by atoms with Gasteiger partial charge in [-0.1, -0.05) is 42.5 Å². The van der Waals surface area contributed by atoms with Crippen molar-refractivity contribution in [2.75, 3.05) is 0 Å². The zero-order valence-electron chi connectivity index (χ0n) is 9.00. The summed E-state index contributed by atoms with van der Waals surface area (Å²) in [6.45, 7) is 9.56. The Morgan fingerprint density at radius 1 is 1.21 bits per heavy atom. The molecule has 0 heterocycles. The summed E-state index contributed by atoms with van der Waals surface area (Å²) >= 11 is 0. The quantitative estimate of drug-likeness (QED) is 0.524. The zero-order valence-corrected chi connectivity index (χ0v) is 9.00. The Hall–Kier alpha value is -1.37. The summed E-state index contributed by atoms with van der Waals surface area (Å²) < 4.78 is 0. The Labute approximate surface area is 85.5 Å². The number of benzene rings is 1. The highest BCUT2D eigenvalue weighted by Crippen LogP contribution is 2.28. The van der Waals surface area contributed by atoms with E-state index in [0.717, 1.165) is 11.1 Å². The highest BCUT2D eigenvalue weighted by Gasteiger charge is 2.28. The van der Waals surface area contributed by atoms with Gasteiger partial charge < -0.3 is 0 Å². The molecule has 0 spiro atoms. The average Bonchev–Trinajstić information content (AvgIpc) is 2.17. The first-order chi connectivity index (χ1) is 6.46. The van der Waals surface area contributed by atoms with Crippen LogP contribution >= 0.6 is 0 Å². The van der Waals surface area contributed by atoms with Gasteiger partial charge in [0.15, 0.2) is 5.78 Å². The molecule has 0 unspecified atom stereocenters. The lowest BCUT2D eigenvalue weighted by Gasteiger charge is -2.23. The van der Waals surface area contributed by atoms with Crippen LogP contribution in [-0.4, -0.2) is 5.78 Å². The molecular formula is C13H16O. The van der Waals surface area contributed by atoms with Crippen LogP contribution in [0.2, 0.25) is 0 Å². The molecule has 0 radical (unpaired) electrons. The molecule has 0 saturated heterocycles. The number of carbonyl (C=O) groups is 1. The van der Waals surface area contributed by atoms with Crippen molar-refractivity contribution in [2.24, 2.45) is 5.41 Å². The predicted molar refractivity (Wildman–Crippen MR) is 59.4 cm³/mol. The molecule has 1 aromatic carbocycles. The summed E-state index contributed by atoms with van der Waals surface area (Å²) in [4.78, 5) is 12.0. The largest absolute Gasteiger partial charge is 0.293 e. The molecule has 0 saturated carbocycles. The molecular weight excluding hydrogens is 172 g/mol. The van der Waals surface area contributed by atoms with E-state index in [9.17, 15) is 4.79 Å². The van der Waals surface area contributed by atoms with Crippen molar-refractivity contribution in [3.63, 3.8) is 0 Å². The maximum atomic E-state index is 12.0. The molecule has 1 aromatic rings. The van der Waals surface area contributed by atoms with Gasteiger partial charge in [-0.05, 0) is 20.8 Å². The van der Waals surface area contributed by atoms with Crippen LogP contribution < -0.4 is 0 Å². The van der Waals surface area contributed by atoms with E-state index in [1.165, 1.54) is 0 Å². The lowest BCUT2D eigenvalue weighted by atomic mass is 9.79. The van der Waals surface area contributed by atoms with E-state index in [4.69, 9.17) is 0 Å². The third-order valence-corrected chi connectivity index (χ3v) is 2.67. The van der Waals surface area contributed by atoms with E-state index in [2.05, 4.69) is 6.58 Å². The number of allylic oxidation sites excluding steroid dienone is 1. The third kappa shape index (κ3) is 1.92. The summed E-state index contributed by atoms with van der Waals surface area (Å²) in [5.41, 5.74) is 1.17. The average molecular weight is 188 g/mol. The number of Topliss-reactive ketones (excluding diaryl/α,β-unsaturated/α-hetero) is 1. The van der Waals surface area contributed by atoms with E-state index in [-0.39, 0.29) is 5.78 Å². The monoisotopic (exact) mass is 188 g/mol. The fourth-order valence-corrected chi connectivity index (χ4v) is 1.14. The minimum absolute atomic E-state index is 0.130. The van der Waals surface area contributed by atoms with Crippen molar-refractivity contribution < 1.29 is 4.79 Å². The predicted octanol–water partition coefficient (Wildman–Crippen LogP) is 3.47. The molecule has 0 amide bonds. The molecule has 1 nitrogen and oxygen atoms in total. The normalized spacial score (nSPS) is 11.1. The standard InChI is InChI=1S/C13H16O/c1-10(2)13(3,4)12(14)11-8-6-5-7-9-11/h5-9H,1H2,2-4H3. The van der Waals surface area contributed by atoms with Crippen molar-refractivity contribution in [2.45, 2.75) is 20.8 Å². The summed E-state index contributed by atoms with van der Waals surface area (Å²) in [6, 6.07) is 9.34. The third-order valence-electron chi connectivity index (χ3n) is 2.67. The number of carbonyl (C=O) groups excluding carboxylic acids is 1. The second-order valence-electron chi connectivity index (χ2n) is 4.10. The highest BCUT2D eigenvalue weighted by molar-refractivity contribution is 6.01. The topological polar surface area (TPSA) is 17.1 Å². The number of hydrogen-bond donors (Lipinski definition) is 0. The minimum atomic E-state index is -0.471. The van der Waals surface area contributed by atoms with Gasteiger partial charge in [0.05, 0.1) is 0 Å². The van der Waals surface area contributed by atoms with Crippen LogP contribution in [0.3, 0.4) is 0 Å². The van der Waals surface area contributed by atoms with Crippen LogP contribution in [0.5, 0.6) is 0 Å².